The van der Waals surface area contributed by atoms with E-state index in [9.17, 15) is 0 Å². The van der Waals surface area contributed by atoms with Crippen LogP contribution in [0.15, 0.2) is 0 Å². The van der Waals surface area contributed by atoms with E-state index in [0.717, 1.165) is 18.0 Å². The van der Waals surface area contributed by atoms with E-state index in [1.165, 1.54) is 45.2 Å². The number of hydrogen-bond donors (Lipinski definition) is 1. The summed E-state index contributed by atoms with van der Waals surface area (Å²) < 4.78 is 0. The minimum atomic E-state index is 0.795. The predicted molar refractivity (Wildman–Crippen MR) is 60.5 cm³/mol. The highest BCUT2D eigenvalue weighted by Gasteiger charge is 2.27. The van der Waals surface area contributed by atoms with Crippen molar-refractivity contribution in [2.75, 3.05) is 20.1 Å². The normalized spacial score (nSPS) is 35.6. The molecule has 82 valence electrons. The lowest BCUT2D eigenvalue weighted by molar-refractivity contribution is 0.137. The van der Waals surface area contributed by atoms with Crippen LogP contribution in [-0.4, -0.2) is 37.1 Å². The Morgan fingerprint density at radius 1 is 1.07 bits per heavy atom. The first kappa shape index (κ1) is 10.4. The molecule has 1 aliphatic carbocycles. The molecule has 0 aromatic carbocycles. The summed E-state index contributed by atoms with van der Waals surface area (Å²) in [5, 5.41) is 3.79. The van der Waals surface area contributed by atoms with E-state index in [2.05, 4.69) is 24.2 Å². The Hall–Kier alpha value is -0.0800. The van der Waals surface area contributed by atoms with Crippen molar-refractivity contribution in [3.05, 3.63) is 0 Å². The molecule has 1 saturated heterocycles. The van der Waals surface area contributed by atoms with E-state index in [1.54, 1.807) is 0 Å². The lowest BCUT2D eigenvalue weighted by atomic mass is 9.84. The number of rotatable bonds is 3. The molecule has 0 spiro atoms. The zero-order valence-electron chi connectivity index (χ0n) is 9.63. The van der Waals surface area contributed by atoms with Crippen LogP contribution in [0.3, 0.4) is 0 Å². The Morgan fingerprint density at radius 2 is 1.71 bits per heavy atom. The van der Waals surface area contributed by atoms with Crippen LogP contribution in [0.4, 0.5) is 0 Å². The SMILES string of the molecule is CCC1CCC(NC2CN(C)C2)CC1. The third-order valence-corrected chi connectivity index (χ3v) is 3.96. The average molecular weight is 196 g/mol. The summed E-state index contributed by atoms with van der Waals surface area (Å²) in [7, 11) is 2.20. The maximum absolute atomic E-state index is 3.79. The van der Waals surface area contributed by atoms with Gasteiger partial charge in [0.15, 0.2) is 0 Å². The number of nitrogens with zero attached hydrogens (tertiary/aromatic N) is 1. The first-order valence-corrected chi connectivity index (χ1v) is 6.22. The first-order chi connectivity index (χ1) is 6.78. The van der Waals surface area contributed by atoms with Crippen LogP contribution in [0.1, 0.15) is 39.0 Å². The maximum Gasteiger partial charge on any atom is 0.0324 e. The zero-order chi connectivity index (χ0) is 9.97. The van der Waals surface area contributed by atoms with Crippen LogP contribution in [0.2, 0.25) is 0 Å². The molecular formula is C12H24N2. The van der Waals surface area contributed by atoms with Gasteiger partial charge in [0.2, 0.25) is 0 Å². The van der Waals surface area contributed by atoms with Crippen molar-refractivity contribution in [3.8, 4) is 0 Å². The smallest absolute Gasteiger partial charge is 0.0324 e. The van der Waals surface area contributed by atoms with E-state index < -0.39 is 0 Å². The molecular weight excluding hydrogens is 172 g/mol. The van der Waals surface area contributed by atoms with Crippen molar-refractivity contribution < 1.29 is 0 Å². The van der Waals surface area contributed by atoms with E-state index >= 15 is 0 Å². The Kier molecular flexibility index (Phi) is 3.45. The lowest BCUT2D eigenvalue weighted by Crippen LogP contribution is -2.58. The van der Waals surface area contributed by atoms with Crippen molar-refractivity contribution in [3.63, 3.8) is 0 Å². The molecule has 1 N–H and O–H groups in total. The van der Waals surface area contributed by atoms with Gasteiger partial charge in [0.05, 0.1) is 0 Å². The van der Waals surface area contributed by atoms with Gasteiger partial charge in [-0.05, 0) is 38.6 Å². The van der Waals surface area contributed by atoms with Gasteiger partial charge in [-0.2, -0.15) is 0 Å². The molecule has 0 atom stereocenters. The average Bonchev–Trinajstić information content (AvgIpc) is 2.17. The van der Waals surface area contributed by atoms with Gasteiger partial charge in [0.25, 0.3) is 0 Å². The van der Waals surface area contributed by atoms with Crippen molar-refractivity contribution in [1.82, 2.24) is 10.2 Å². The van der Waals surface area contributed by atoms with Gasteiger partial charge in [0.1, 0.15) is 0 Å². The highest BCUT2D eigenvalue weighted by atomic mass is 15.2. The summed E-state index contributed by atoms with van der Waals surface area (Å²) in [4.78, 5) is 2.38. The predicted octanol–water partition coefficient (Wildman–Crippen LogP) is 1.86. The lowest BCUT2D eigenvalue weighted by Gasteiger charge is -2.40. The standard InChI is InChI=1S/C12H24N2/c1-3-10-4-6-11(7-5-10)13-12-8-14(2)9-12/h10-13H,3-9H2,1-2H3. The molecule has 1 heterocycles. The monoisotopic (exact) mass is 196 g/mol. The molecule has 2 heteroatoms. The van der Waals surface area contributed by atoms with Crippen LogP contribution in [-0.2, 0) is 0 Å². The fourth-order valence-electron chi connectivity index (χ4n) is 2.88. The fraction of sp³-hybridized carbons (Fsp3) is 1.00. The third-order valence-electron chi connectivity index (χ3n) is 3.96. The quantitative estimate of drug-likeness (QED) is 0.741. The molecule has 0 radical (unpaired) electrons. The summed E-state index contributed by atoms with van der Waals surface area (Å²) >= 11 is 0. The highest BCUT2D eigenvalue weighted by Crippen LogP contribution is 2.27. The highest BCUT2D eigenvalue weighted by molar-refractivity contribution is 4.88. The van der Waals surface area contributed by atoms with Gasteiger partial charge in [-0.25, -0.2) is 0 Å². The molecule has 1 aliphatic heterocycles. The molecule has 0 bridgehead atoms. The van der Waals surface area contributed by atoms with Gasteiger partial charge in [0, 0.05) is 25.2 Å². The van der Waals surface area contributed by atoms with Gasteiger partial charge < -0.3 is 10.2 Å². The molecule has 0 aromatic heterocycles. The number of likely N-dealkylation sites (tertiary alicyclic amines) is 1. The summed E-state index contributed by atoms with van der Waals surface area (Å²) in [5.41, 5.74) is 0. The molecule has 1 saturated carbocycles. The molecule has 2 aliphatic rings. The van der Waals surface area contributed by atoms with Gasteiger partial charge in [-0.3, -0.25) is 0 Å². The first-order valence-electron chi connectivity index (χ1n) is 6.22. The van der Waals surface area contributed by atoms with Crippen LogP contribution in [0, 0.1) is 5.92 Å². The summed E-state index contributed by atoms with van der Waals surface area (Å²) in [6.07, 6.45) is 7.13. The number of likely N-dealkylation sites (N-methyl/N-ethyl adjacent to an activating group) is 1. The molecule has 0 amide bonds. The maximum atomic E-state index is 3.79. The van der Waals surface area contributed by atoms with Crippen molar-refractivity contribution in [2.45, 2.75) is 51.1 Å². The van der Waals surface area contributed by atoms with Crippen LogP contribution in [0.25, 0.3) is 0 Å². The van der Waals surface area contributed by atoms with Crippen LogP contribution in [0.5, 0.6) is 0 Å². The van der Waals surface area contributed by atoms with E-state index in [-0.39, 0.29) is 0 Å². The Morgan fingerprint density at radius 3 is 2.21 bits per heavy atom. The summed E-state index contributed by atoms with van der Waals surface area (Å²) in [6, 6.07) is 1.62. The van der Waals surface area contributed by atoms with Crippen LogP contribution < -0.4 is 5.32 Å². The molecule has 0 unspecified atom stereocenters. The Labute approximate surface area is 88.1 Å². The van der Waals surface area contributed by atoms with Gasteiger partial charge in [-0.1, -0.05) is 13.3 Å². The second-order valence-corrected chi connectivity index (χ2v) is 5.21. The Bertz CT molecular complexity index is 167. The minimum absolute atomic E-state index is 0.795. The molecule has 14 heavy (non-hydrogen) atoms. The fourth-order valence-corrected chi connectivity index (χ4v) is 2.88. The van der Waals surface area contributed by atoms with Crippen molar-refractivity contribution >= 4 is 0 Å². The molecule has 2 nitrogen and oxygen atoms in total. The molecule has 2 rings (SSSR count). The summed E-state index contributed by atoms with van der Waals surface area (Å²) in [5.74, 6) is 1.03. The topological polar surface area (TPSA) is 15.3 Å². The number of hydrogen-bond acceptors (Lipinski definition) is 2. The minimum Gasteiger partial charge on any atom is -0.309 e. The van der Waals surface area contributed by atoms with E-state index in [0.29, 0.717) is 0 Å². The Balaban J connectivity index is 1.64. The molecule has 2 fully saturated rings. The van der Waals surface area contributed by atoms with Gasteiger partial charge in [-0.15, -0.1) is 0 Å². The van der Waals surface area contributed by atoms with Crippen LogP contribution >= 0.6 is 0 Å². The summed E-state index contributed by atoms with van der Waals surface area (Å²) in [6.45, 7) is 4.85. The molecule has 0 aromatic rings. The second-order valence-electron chi connectivity index (χ2n) is 5.21. The van der Waals surface area contributed by atoms with Crippen molar-refractivity contribution in [2.24, 2.45) is 5.92 Å². The largest absolute Gasteiger partial charge is 0.309 e. The van der Waals surface area contributed by atoms with E-state index in [4.69, 9.17) is 0 Å². The third kappa shape index (κ3) is 2.48. The van der Waals surface area contributed by atoms with Gasteiger partial charge >= 0.3 is 0 Å². The number of nitrogens with one attached hydrogen (secondary N) is 1. The second kappa shape index (κ2) is 4.63. The van der Waals surface area contributed by atoms with Crippen molar-refractivity contribution in [1.29, 1.82) is 0 Å². The van der Waals surface area contributed by atoms with E-state index in [1.807, 2.05) is 0 Å². The zero-order valence-corrected chi connectivity index (χ0v) is 9.63.